The lowest BCUT2D eigenvalue weighted by Crippen LogP contribution is -2.34. The first-order chi connectivity index (χ1) is 9.06. The standard InChI is InChI=1S/C17H22ClN/c1-5-19(6-2)17(13-14(3)4)12-9-15-7-10-16(18)11-8-15/h7-8,10-11,17H,3,5-6,13H2,1-2,4H3. The maximum atomic E-state index is 5.87. The predicted octanol–water partition coefficient (Wildman–Crippen LogP) is 4.37. The quantitative estimate of drug-likeness (QED) is 0.570. The first kappa shape index (κ1) is 15.8. The van der Waals surface area contributed by atoms with Crippen LogP contribution in [-0.4, -0.2) is 24.0 Å². The minimum Gasteiger partial charge on any atom is -0.290 e. The summed E-state index contributed by atoms with van der Waals surface area (Å²) >= 11 is 5.87. The maximum Gasteiger partial charge on any atom is 0.0755 e. The van der Waals surface area contributed by atoms with Gasteiger partial charge in [0.05, 0.1) is 6.04 Å². The lowest BCUT2D eigenvalue weighted by atomic mass is 10.1. The van der Waals surface area contributed by atoms with Crippen LogP contribution < -0.4 is 0 Å². The molecule has 0 aliphatic heterocycles. The Bertz CT molecular complexity index is 460. The number of halogens is 1. The molecule has 1 aromatic carbocycles. The van der Waals surface area contributed by atoms with Gasteiger partial charge in [0.25, 0.3) is 0 Å². The van der Waals surface area contributed by atoms with Crippen molar-refractivity contribution in [2.24, 2.45) is 0 Å². The molecular formula is C17H22ClN. The third kappa shape index (κ3) is 5.51. The molecule has 0 aliphatic rings. The Morgan fingerprint density at radius 1 is 1.26 bits per heavy atom. The summed E-state index contributed by atoms with van der Waals surface area (Å²) in [5.41, 5.74) is 2.17. The molecule has 0 fully saturated rings. The van der Waals surface area contributed by atoms with Crippen LogP contribution in [-0.2, 0) is 0 Å². The van der Waals surface area contributed by atoms with E-state index in [1.807, 2.05) is 24.3 Å². The van der Waals surface area contributed by atoms with Crippen molar-refractivity contribution in [1.82, 2.24) is 4.90 Å². The Balaban J connectivity index is 2.88. The molecule has 0 amide bonds. The summed E-state index contributed by atoms with van der Waals surface area (Å²) in [7, 11) is 0. The highest BCUT2D eigenvalue weighted by molar-refractivity contribution is 6.30. The molecule has 2 heteroatoms. The van der Waals surface area contributed by atoms with Crippen LogP contribution >= 0.6 is 11.6 Å². The fourth-order valence-corrected chi connectivity index (χ4v) is 2.09. The van der Waals surface area contributed by atoms with Crippen molar-refractivity contribution in [2.45, 2.75) is 33.2 Å². The van der Waals surface area contributed by atoms with Gasteiger partial charge >= 0.3 is 0 Å². The molecule has 1 unspecified atom stereocenters. The Labute approximate surface area is 122 Å². The Kier molecular flexibility index (Phi) is 6.70. The van der Waals surface area contributed by atoms with Gasteiger partial charge in [0.2, 0.25) is 0 Å². The lowest BCUT2D eigenvalue weighted by Gasteiger charge is -2.25. The number of nitrogens with zero attached hydrogens (tertiary/aromatic N) is 1. The topological polar surface area (TPSA) is 3.24 Å². The molecule has 1 rings (SSSR count). The summed E-state index contributed by atoms with van der Waals surface area (Å²) in [5, 5.41) is 0.743. The number of rotatable bonds is 5. The molecule has 0 radical (unpaired) electrons. The van der Waals surface area contributed by atoms with Gasteiger partial charge in [-0.25, -0.2) is 0 Å². The van der Waals surface area contributed by atoms with Crippen molar-refractivity contribution in [3.8, 4) is 11.8 Å². The second kappa shape index (κ2) is 8.04. The molecule has 1 nitrogen and oxygen atoms in total. The van der Waals surface area contributed by atoms with Crippen LogP contribution in [0.5, 0.6) is 0 Å². The van der Waals surface area contributed by atoms with Crippen LogP contribution in [0.3, 0.4) is 0 Å². The van der Waals surface area contributed by atoms with Crippen LogP contribution in [0.1, 0.15) is 32.8 Å². The largest absolute Gasteiger partial charge is 0.290 e. The number of hydrogen-bond donors (Lipinski definition) is 0. The van der Waals surface area contributed by atoms with Gasteiger partial charge in [0, 0.05) is 10.6 Å². The number of hydrogen-bond acceptors (Lipinski definition) is 1. The Hall–Kier alpha value is -1.23. The average Bonchev–Trinajstić information content (AvgIpc) is 2.38. The van der Waals surface area contributed by atoms with Crippen molar-refractivity contribution in [3.63, 3.8) is 0 Å². The summed E-state index contributed by atoms with van der Waals surface area (Å²) in [6.07, 6.45) is 0.919. The molecule has 0 N–H and O–H groups in total. The SMILES string of the molecule is C=C(C)CC(C#Cc1ccc(Cl)cc1)N(CC)CC. The van der Waals surface area contributed by atoms with Crippen LogP contribution in [0.2, 0.25) is 5.02 Å². The van der Waals surface area contributed by atoms with E-state index in [0.717, 1.165) is 30.1 Å². The Morgan fingerprint density at radius 2 is 1.84 bits per heavy atom. The third-order valence-corrected chi connectivity index (χ3v) is 3.27. The van der Waals surface area contributed by atoms with Gasteiger partial charge in [-0.05, 0) is 50.7 Å². The smallest absolute Gasteiger partial charge is 0.0755 e. The molecule has 0 aromatic heterocycles. The van der Waals surface area contributed by atoms with Gasteiger partial charge in [-0.1, -0.05) is 42.9 Å². The zero-order valence-electron chi connectivity index (χ0n) is 12.0. The van der Waals surface area contributed by atoms with E-state index < -0.39 is 0 Å². The third-order valence-electron chi connectivity index (χ3n) is 3.02. The van der Waals surface area contributed by atoms with Crippen LogP contribution in [0, 0.1) is 11.8 Å². The van der Waals surface area contributed by atoms with E-state index in [1.54, 1.807) is 0 Å². The molecule has 1 atom stereocenters. The predicted molar refractivity (Wildman–Crippen MR) is 84.5 cm³/mol. The van der Waals surface area contributed by atoms with E-state index in [-0.39, 0.29) is 6.04 Å². The summed E-state index contributed by atoms with van der Waals surface area (Å²) in [6, 6.07) is 7.89. The summed E-state index contributed by atoms with van der Waals surface area (Å²) < 4.78 is 0. The molecule has 19 heavy (non-hydrogen) atoms. The summed E-state index contributed by atoms with van der Waals surface area (Å²) in [6.45, 7) is 12.4. The van der Waals surface area contributed by atoms with Crippen molar-refractivity contribution in [1.29, 1.82) is 0 Å². The first-order valence-corrected chi connectivity index (χ1v) is 7.10. The van der Waals surface area contributed by atoms with Crippen molar-refractivity contribution < 1.29 is 0 Å². The van der Waals surface area contributed by atoms with Crippen LogP contribution in [0.25, 0.3) is 0 Å². The highest BCUT2D eigenvalue weighted by Crippen LogP contribution is 2.11. The van der Waals surface area contributed by atoms with E-state index in [2.05, 4.69) is 44.1 Å². The molecular weight excluding hydrogens is 254 g/mol. The molecule has 0 spiro atoms. The van der Waals surface area contributed by atoms with Gasteiger partial charge in [0.15, 0.2) is 0 Å². The lowest BCUT2D eigenvalue weighted by molar-refractivity contribution is 0.259. The maximum absolute atomic E-state index is 5.87. The fraction of sp³-hybridized carbons (Fsp3) is 0.412. The van der Waals surface area contributed by atoms with Crippen molar-refractivity contribution in [2.75, 3.05) is 13.1 Å². The summed E-state index contributed by atoms with van der Waals surface area (Å²) in [4.78, 5) is 2.36. The van der Waals surface area contributed by atoms with Crippen molar-refractivity contribution in [3.05, 3.63) is 47.0 Å². The minimum absolute atomic E-state index is 0.239. The van der Waals surface area contributed by atoms with Crippen molar-refractivity contribution >= 4 is 11.6 Å². The van der Waals surface area contributed by atoms with Gasteiger partial charge in [-0.2, -0.15) is 0 Å². The molecule has 0 saturated heterocycles. The molecule has 0 aliphatic carbocycles. The summed E-state index contributed by atoms with van der Waals surface area (Å²) in [5.74, 6) is 6.60. The average molecular weight is 276 g/mol. The first-order valence-electron chi connectivity index (χ1n) is 6.72. The minimum atomic E-state index is 0.239. The number of benzene rings is 1. The fourth-order valence-electron chi connectivity index (χ4n) is 1.97. The van der Waals surface area contributed by atoms with E-state index in [4.69, 9.17) is 11.6 Å². The van der Waals surface area contributed by atoms with Gasteiger partial charge < -0.3 is 0 Å². The van der Waals surface area contributed by atoms with Gasteiger partial charge in [0.1, 0.15) is 0 Å². The van der Waals surface area contributed by atoms with E-state index >= 15 is 0 Å². The zero-order chi connectivity index (χ0) is 14.3. The van der Waals surface area contributed by atoms with E-state index in [1.165, 1.54) is 5.57 Å². The van der Waals surface area contributed by atoms with Gasteiger partial charge in [-0.15, -0.1) is 6.58 Å². The highest BCUT2D eigenvalue weighted by Gasteiger charge is 2.12. The highest BCUT2D eigenvalue weighted by atomic mass is 35.5. The molecule has 0 saturated carbocycles. The molecule has 0 heterocycles. The molecule has 1 aromatic rings. The molecule has 0 bridgehead atoms. The zero-order valence-corrected chi connectivity index (χ0v) is 12.8. The normalized spacial score (nSPS) is 11.8. The van der Waals surface area contributed by atoms with Crippen LogP contribution in [0.4, 0.5) is 0 Å². The second-order valence-corrected chi connectivity index (χ2v) is 5.11. The molecule has 102 valence electrons. The van der Waals surface area contributed by atoms with E-state index in [9.17, 15) is 0 Å². The second-order valence-electron chi connectivity index (χ2n) is 4.67. The monoisotopic (exact) mass is 275 g/mol. The van der Waals surface area contributed by atoms with Gasteiger partial charge in [-0.3, -0.25) is 4.90 Å². The van der Waals surface area contributed by atoms with Crippen LogP contribution in [0.15, 0.2) is 36.4 Å². The van der Waals surface area contributed by atoms with E-state index in [0.29, 0.717) is 0 Å². The Morgan fingerprint density at radius 3 is 2.32 bits per heavy atom.